The highest BCUT2D eigenvalue weighted by molar-refractivity contribution is 5.90. The molecule has 1 saturated carbocycles. The number of hydrogen-bond acceptors (Lipinski definition) is 7. The molecule has 1 saturated heterocycles. The van der Waals surface area contributed by atoms with Crippen LogP contribution in [0.3, 0.4) is 0 Å². The number of nitrogens with zero attached hydrogens (tertiary/aromatic N) is 4. The minimum atomic E-state index is 0.274. The van der Waals surface area contributed by atoms with Gasteiger partial charge in [0, 0.05) is 51.7 Å². The van der Waals surface area contributed by atoms with Crippen LogP contribution in [0.4, 0.5) is 11.8 Å². The van der Waals surface area contributed by atoms with Gasteiger partial charge in [0.2, 0.25) is 5.95 Å². The molecule has 3 aromatic rings. The maximum absolute atomic E-state index is 6.04. The second kappa shape index (κ2) is 12.0. The van der Waals surface area contributed by atoms with Gasteiger partial charge in [-0.1, -0.05) is 42.5 Å². The SMILES string of the molecule is CN(C)c1nc(N[C@H]2CC[C@@H](CNCC3CN(Cc4ccccc4)CCO3)CC2)nc2ccccc12. The van der Waals surface area contributed by atoms with Crippen LogP contribution in [0.1, 0.15) is 31.2 Å². The zero-order chi connectivity index (χ0) is 24.7. The van der Waals surface area contributed by atoms with Crippen LogP contribution in [0.5, 0.6) is 0 Å². The summed E-state index contributed by atoms with van der Waals surface area (Å²) in [4.78, 5) is 14.2. The predicted octanol–water partition coefficient (Wildman–Crippen LogP) is 4.16. The monoisotopic (exact) mass is 488 g/mol. The highest BCUT2D eigenvalue weighted by Gasteiger charge is 2.24. The highest BCUT2D eigenvalue weighted by Crippen LogP contribution is 2.28. The molecule has 0 radical (unpaired) electrons. The van der Waals surface area contributed by atoms with Crippen LogP contribution in [0.15, 0.2) is 54.6 Å². The molecular weight excluding hydrogens is 448 g/mol. The fourth-order valence-electron chi connectivity index (χ4n) is 5.50. The first-order chi connectivity index (χ1) is 17.6. The number of aromatic nitrogens is 2. The van der Waals surface area contributed by atoms with Crippen molar-refractivity contribution in [2.75, 3.05) is 57.1 Å². The van der Waals surface area contributed by atoms with E-state index in [-0.39, 0.29) is 6.10 Å². The topological polar surface area (TPSA) is 65.6 Å². The summed E-state index contributed by atoms with van der Waals surface area (Å²) in [5.41, 5.74) is 2.37. The van der Waals surface area contributed by atoms with Gasteiger partial charge in [-0.3, -0.25) is 4.90 Å². The third-order valence-corrected chi connectivity index (χ3v) is 7.46. The van der Waals surface area contributed by atoms with Crippen LogP contribution in [-0.2, 0) is 11.3 Å². The van der Waals surface area contributed by atoms with E-state index >= 15 is 0 Å². The Labute approximate surface area is 215 Å². The van der Waals surface area contributed by atoms with Crippen molar-refractivity contribution in [2.24, 2.45) is 5.92 Å². The molecule has 192 valence electrons. The lowest BCUT2D eigenvalue weighted by Crippen LogP contribution is -2.46. The van der Waals surface area contributed by atoms with Crippen LogP contribution < -0.4 is 15.5 Å². The lowest BCUT2D eigenvalue weighted by Gasteiger charge is -2.34. The molecule has 1 unspecified atom stereocenters. The molecule has 0 spiro atoms. The molecule has 2 heterocycles. The molecule has 1 aromatic heterocycles. The standard InChI is InChI=1S/C29H40N6O/c1-34(2)28-26-10-6-7-11-27(26)32-29(33-28)31-24-14-12-22(13-15-24)18-30-19-25-21-35(16-17-36-25)20-23-8-4-3-5-9-23/h3-11,22,24-25,30H,12-21H2,1-2H3,(H,31,32,33)/t22-,24+,25?. The summed E-state index contributed by atoms with van der Waals surface area (Å²) in [6.45, 7) is 5.85. The molecule has 2 aromatic carbocycles. The van der Waals surface area contributed by atoms with E-state index in [1.54, 1.807) is 0 Å². The van der Waals surface area contributed by atoms with Crippen LogP contribution >= 0.6 is 0 Å². The first kappa shape index (κ1) is 24.9. The van der Waals surface area contributed by atoms with Gasteiger partial charge in [0.1, 0.15) is 5.82 Å². The second-order valence-corrected chi connectivity index (χ2v) is 10.5. The number of morpholine rings is 1. The Kier molecular flexibility index (Phi) is 8.31. The van der Waals surface area contributed by atoms with E-state index in [1.165, 1.54) is 18.4 Å². The van der Waals surface area contributed by atoms with Crippen molar-refractivity contribution in [3.05, 3.63) is 60.2 Å². The quantitative estimate of drug-likeness (QED) is 0.469. The number of anilines is 2. The summed E-state index contributed by atoms with van der Waals surface area (Å²) >= 11 is 0. The van der Waals surface area contributed by atoms with Gasteiger partial charge in [0.05, 0.1) is 18.2 Å². The third kappa shape index (κ3) is 6.52. The first-order valence-electron chi connectivity index (χ1n) is 13.4. The summed E-state index contributed by atoms with van der Waals surface area (Å²) in [5, 5.41) is 8.43. The van der Waals surface area contributed by atoms with Gasteiger partial charge < -0.3 is 20.3 Å². The molecule has 0 amide bonds. The van der Waals surface area contributed by atoms with Crippen LogP contribution in [0.25, 0.3) is 10.9 Å². The van der Waals surface area contributed by atoms with E-state index in [0.29, 0.717) is 6.04 Å². The fourth-order valence-corrected chi connectivity index (χ4v) is 5.50. The predicted molar refractivity (Wildman–Crippen MR) is 148 cm³/mol. The molecule has 1 aliphatic carbocycles. The summed E-state index contributed by atoms with van der Waals surface area (Å²) in [6.07, 6.45) is 5.04. The average molecular weight is 489 g/mol. The Morgan fingerprint density at radius 1 is 0.944 bits per heavy atom. The number of hydrogen-bond donors (Lipinski definition) is 2. The Morgan fingerprint density at radius 2 is 1.72 bits per heavy atom. The number of nitrogens with one attached hydrogen (secondary N) is 2. The van der Waals surface area contributed by atoms with Crippen molar-refractivity contribution in [3.63, 3.8) is 0 Å². The summed E-state index contributed by atoms with van der Waals surface area (Å²) < 4.78 is 6.04. The van der Waals surface area contributed by atoms with Crippen molar-refractivity contribution in [3.8, 4) is 0 Å². The largest absolute Gasteiger partial charge is 0.374 e. The number of para-hydroxylation sites is 1. The number of benzene rings is 2. The molecule has 2 N–H and O–H groups in total. The minimum absolute atomic E-state index is 0.274. The highest BCUT2D eigenvalue weighted by atomic mass is 16.5. The zero-order valence-electron chi connectivity index (χ0n) is 21.7. The molecule has 1 atom stereocenters. The minimum Gasteiger partial charge on any atom is -0.374 e. The van der Waals surface area contributed by atoms with E-state index in [2.05, 4.69) is 62.9 Å². The maximum Gasteiger partial charge on any atom is 0.225 e. The molecule has 7 nitrogen and oxygen atoms in total. The smallest absolute Gasteiger partial charge is 0.225 e. The average Bonchev–Trinajstić information content (AvgIpc) is 2.90. The molecule has 1 aliphatic heterocycles. The molecule has 7 heteroatoms. The van der Waals surface area contributed by atoms with E-state index in [1.807, 2.05) is 26.2 Å². The summed E-state index contributed by atoms with van der Waals surface area (Å²) in [7, 11) is 4.08. The van der Waals surface area contributed by atoms with E-state index in [4.69, 9.17) is 14.7 Å². The van der Waals surface area contributed by atoms with Gasteiger partial charge in [-0.25, -0.2) is 4.98 Å². The number of rotatable bonds is 9. The zero-order valence-corrected chi connectivity index (χ0v) is 21.7. The van der Waals surface area contributed by atoms with Gasteiger partial charge >= 0.3 is 0 Å². The van der Waals surface area contributed by atoms with Crippen LogP contribution in [0.2, 0.25) is 0 Å². The molecule has 2 aliphatic rings. The summed E-state index contributed by atoms with van der Waals surface area (Å²) in [6, 6.07) is 19.4. The second-order valence-electron chi connectivity index (χ2n) is 10.5. The fraction of sp³-hybridized carbons (Fsp3) is 0.517. The Morgan fingerprint density at radius 3 is 2.53 bits per heavy atom. The Bertz CT molecular complexity index is 1100. The third-order valence-electron chi connectivity index (χ3n) is 7.46. The molecule has 0 bridgehead atoms. The van der Waals surface area contributed by atoms with E-state index in [0.717, 1.165) is 80.8 Å². The van der Waals surface area contributed by atoms with E-state index in [9.17, 15) is 0 Å². The van der Waals surface area contributed by atoms with Crippen molar-refractivity contribution in [2.45, 2.75) is 44.4 Å². The van der Waals surface area contributed by atoms with Gasteiger partial charge in [-0.2, -0.15) is 4.98 Å². The van der Waals surface area contributed by atoms with Crippen LogP contribution in [0, 0.1) is 5.92 Å². The van der Waals surface area contributed by atoms with Crippen molar-refractivity contribution < 1.29 is 4.74 Å². The van der Waals surface area contributed by atoms with Gasteiger partial charge in [-0.05, 0) is 55.8 Å². The van der Waals surface area contributed by atoms with Gasteiger partial charge in [-0.15, -0.1) is 0 Å². The van der Waals surface area contributed by atoms with Crippen molar-refractivity contribution in [1.82, 2.24) is 20.2 Å². The number of fused-ring (bicyclic) bond motifs is 1. The number of ether oxygens (including phenoxy) is 1. The van der Waals surface area contributed by atoms with Gasteiger partial charge in [0.25, 0.3) is 0 Å². The van der Waals surface area contributed by atoms with Crippen molar-refractivity contribution in [1.29, 1.82) is 0 Å². The van der Waals surface area contributed by atoms with E-state index < -0.39 is 0 Å². The first-order valence-corrected chi connectivity index (χ1v) is 13.4. The van der Waals surface area contributed by atoms with Crippen LogP contribution in [-0.4, -0.2) is 73.9 Å². The summed E-state index contributed by atoms with van der Waals surface area (Å²) in [5.74, 6) is 2.43. The lowest BCUT2D eigenvalue weighted by molar-refractivity contribution is -0.0303. The lowest BCUT2D eigenvalue weighted by atomic mass is 9.86. The maximum atomic E-state index is 6.04. The molecule has 2 fully saturated rings. The molecule has 5 rings (SSSR count). The Balaban J connectivity index is 1.05. The molecular formula is C29H40N6O. The van der Waals surface area contributed by atoms with Crippen molar-refractivity contribution >= 4 is 22.7 Å². The molecule has 36 heavy (non-hydrogen) atoms. The Hall–Kier alpha value is -2.74. The normalized spacial score (nSPS) is 23.0. The van der Waals surface area contributed by atoms with Gasteiger partial charge in [0.15, 0.2) is 0 Å².